The largest absolute Gasteiger partial charge is 0.466 e. The van der Waals surface area contributed by atoms with Crippen LogP contribution in [-0.4, -0.2) is 40.0 Å². The van der Waals surface area contributed by atoms with Crippen LogP contribution in [0.25, 0.3) is 0 Å². The lowest BCUT2D eigenvalue weighted by Gasteiger charge is -2.34. The molecule has 4 rings (SSSR count). The Morgan fingerprint density at radius 2 is 1.77 bits per heavy atom. The number of aryl methyl sites for hydroxylation is 1. The van der Waals surface area contributed by atoms with Crippen molar-refractivity contribution in [2.75, 3.05) is 29.9 Å². The van der Waals surface area contributed by atoms with Crippen molar-refractivity contribution in [3.8, 4) is 0 Å². The molecule has 3 aromatic rings. The summed E-state index contributed by atoms with van der Waals surface area (Å²) >= 11 is 0. The molecule has 0 aromatic heterocycles. The third-order valence-corrected chi connectivity index (χ3v) is 8.48. The van der Waals surface area contributed by atoms with Crippen LogP contribution < -0.4 is 14.9 Å². The Bertz CT molecular complexity index is 1430. The molecule has 9 heteroatoms. The highest BCUT2D eigenvalue weighted by molar-refractivity contribution is 7.89. The van der Waals surface area contributed by atoms with Crippen LogP contribution in [0, 0.1) is 12.8 Å². The molecule has 8 nitrogen and oxygen atoms in total. The molecule has 1 amide bonds. The van der Waals surface area contributed by atoms with Crippen LogP contribution in [0.2, 0.25) is 0 Å². The molecule has 1 fully saturated rings. The van der Waals surface area contributed by atoms with Crippen LogP contribution in [0.4, 0.5) is 11.4 Å². The van der Waals surface area contributed by atoms with Crippen molar-refractivity contribution in [1.29, 1.82) is 0 Å². The summed E-state index contributed by atoms with van der Waals surface area (Å²) in [5.41, 5.74) is 2.99. The van der Waals surface area contributed by atoms with Crippen LogP contribution in [0.15, 0.2) is 77.7 Å². The highest BCUT2D eigenvalue weighted by atomic mass is 32.2. The highest BCUT2D eigenvalue weighted by Gasteiger charge is 2.31. The number of amides is 1. The zero-order valence-corrected chi connectivity index (χ0v) is 23.3. The number of carbonyl (C=O) groups excluding carboxylic acids is 2. The molecule has 1 heterocycles. The van der Waals surface area contributed by atoms with Gasteiger partial charge in [0.25, 0.3) is 5.91 Å². The Hall–Kier alpha value is -3.69. The van der Waals surface area contributed by atoms with Gasteiger partial charge in [-0.05, 0) is 69.0 Å². The van der Waals surface area contributed by atoms with Gasteiger partial charge in [-0.25, -0.2) is 13.1 Å². The fourth-order valence-corrected chi connectivity index (χ4v) is 6.33. The minimum Gasteiger partial charge on any atom is -0.466 e. The van der Waals surface area contributed by atoms with E-state index in [0.29, 0.717) is 43.1 Å². The minimum atomic E-state index is -4.03. The molecule has 2 N–H and O–H groups in total. The van der Waals surface area contributed by atoms with Gasteiger partial charge in [-0.15, -0.1) is 0 Å². The van der Waals surface area contributed by atoms with Gasteiger partial charge < -0.3 is 15.0 Å². The van der Waals surface area contributed by atoms with E-state index in [0.717, 1.165) is 17.5 Å². The Kier molecular flexibility index (Phi) is 9.04. The van der Waals surface area contributed by atoms with Gasteiger partial charge in [0.15, 0.2) is 0 Å². The Balaban J connectivity index is 1.69. The predicted molar refractivity (Wildman–Crippen MR) is 152 cm³/mol. The van der Waals surface area contributed by atoms with E-state index in [-0.39, 0.29) is 22.7 Å². The first kappa shape index (κ1) is 28.3. The first-order chi connectivity index (χ1) is 18.7. The van der Waals surface area contributed by atoms with Gasteiger partial charge in [0.05, 0.1) is 18.2 Å². The molecular formula is C30H35N3O5S. The Morgan fingerprint density at radius 1 is 1.05 bits per heavy atom. The van der Waals surface area contributed by atoms with Crippen molar-refractivity contribution >= 4 is 33.3 Å². The zero-order valence-electron chi connectivity index (χ0n) is 22.5. The second-order valence-corrected chi connectivity index (χ2v) is 11.4. The number of sulfonamides is 1. The van der Waals surface area contributed by atoms with Crippen molar-refractivity contribution in [1.82, 2.24) is 4.72 Å². The standard InChI is InChI=1S/C30H35N3O5S/c1-4-38-30(35)24-14-10-18-33(20-24)27-17-16-25(31-29(34)26-15-9-8-11-21(26)2)19-28(27)39(36,37)32-22(3)23-12-6-5-7-13-23/h5-9,11-13,15-17,19,22,24,32H,4,10,14,18,20H2,1-3H3,(H,31,34)/t22-,24-/m0/s1. The van der Waals surface area contributed by atoms with E-state index >= 15 is 0 Å². The SMILES string of the molecule is CCOC(=O)[C@H]1CCCN(c2ccc(NC(=O)c3ccccc3C)cc2S(=O)(=O)N[C@@H](C)c2ccccc2)C1. The monoisotopic (exact) mass is 549 g/mol. The van der Waals surface area contributed by atoms with Crippen molar-refractivity contribution in [2.24, 2.45) is 5.92 Å². The predicted octanol–water partition coefficient (Wildman–Crippen LogP) is 5.07. The molecule has 0 spiro atoms. The van der Waals surface area contributed by atoms with E-state index < -0.39 is 16.1 Å². The first-order valence-electron chi connectivity index (χ1n) is 13.2. The fraction of sp³-hybridized carbons (Fsp3) is 0.333. The van der Waals surface area contributed by atoms with Crippen molar-refractivity contribution < 1.29 is 22.7 Å². The average Bonchev–Trinajstić information content (AvgIpc) is 2.93. The fourth-order valence-electron chi connectivity index (χ4n) is 4.85. The molecule has 206 valence electrons. The third kappa shape index (κ3) is 6.85. The van der Waals surface area contributed by atoms with E-state index in [4.69, 9.17) is 4.74 Å². The second-order valence-electron chi connectivity index (χ2n) is 9.74. The number of nitrogens with one attached hydrogen (secondary N) is 2. The highest BCUT2D eigenvalue weighted by Crippen LogP contribution is 2.33. The van der Waals surface area contributed by atoms with E-state index in [1.54, 1.807) is 38.1 Å². The molecule has 1 aliphatic heterocycles. The molecular weight excluding hydrogens is 514 g/mol. The molecule has 0 unspecified atom stereocenters. The maximum atomic E-state index is 13.8. The van der Waals surface area contributed by atoms with E-state index in [2.05, 4.69) is 10.0 Å². The Morgan fingerprint density at radius 3 is 2.49 bits per heavy atom. The Labute approximate surface area is 230 Å². The smallest absolute Gasteiger partial charge is 0.310 e. The normalized spacial score (nSPS) is 16.4. The van der Waals surface area contributed by atoms with Crippen molar-refractivity contribution in [3.63, 3.8) is 0 Å². The second kappa shape index (κ2) is 12.4. The summed E-state index contributed by atoms with van der Waals surface area (Å²) in [6.07, 6.45) is 1.41. The van der Waals surface area contributed by atoms with Crippen LogP contribution in [-0.2, 0) is 19.6 Å². The van der Waals surface area contributed by atoms with Gasteiger partial charge in [-0.2, -0.15) is 0 Å². The number of carbonyl (C=O) groups is 2. The number of rotatable bonds is 9. The summed E-state index contributed by atoms with van der Waals surface area (Å²) in [4.78, 5) is 27.4. The van der Waals surface area contributed by atoms with Crippen molar-refractivity contribution in [3.05, 3.63) is 89.5 Å². The first-order valence-corrected chi connectivity index (χ1v) is 14.7. The number of ether oxygens (including phenoxy) is 1. The summed E-state index contributed by atoms with van der Waals surface area (Å²) in [6.45, 7) is 6.65. The molecule has 2 atom stereocenters. The third-order valence-electron chi connectivity index (χ3n) is 6.91. The maximum Gasteiger partial charge on any atom is 0.310 e. The molecule has 0 saturated carbocycles. The molecule has 1 saturated heterocycles. The number of benzene rings is 3. The summed E-state index contributed by atoms with van der Waals surface area (Å²) in [5, 5.41) is 2.85. The van der Waals surface area contributed by atoms with Crippen LogP contribution >= 0.6 is 0 Å². The quantitative estimate of drug-likeness (QED) is 0.361. The number of nitrogens with zero attached hydrogens (tertiary/aromatic N) is 1. The molecule has 1 aliphatic rings. The number of piperidine rings is 1. The minimum absolute atomic E-state index is 0.0392. The molecule has 0 bridgehead atoms. The van der Waals surface area contributed by atoms with Gasteiger partial charge >= 0.3 is 5.97 Å². The lowest BCUT2D eigenvalue weighted by molar-refractivity contribution is -0.148. The molecule has 3 aromatic carbocycles. The van der Waals surface area contributed by atoms with E-state index in [1.165, 1.54) is 6.07 Å². The maximum absolute atomic E-state index is 13.8. The average molecular weight is 550 g/mol. The molecule has 39 heavy (non-hydrogen) atoms. The zero-order chi connectivity index (χ0) is 28.0. The van der Waals surface area contributed by atoms with E-state index in [9.17, 15) is 18.0 Å². The lowest BCUT2D eigenvalue weighted by atomic mass is 9.97. The van der Waals surface area contributed by atoms with Gasteiger partial charge in [0, 0.05) is 30.4 Å². The van der Waals surface area contributed by atoms with Gasteiger partial charge in [0.1, 0.15) is 4.90 Å². The summed E-state index contributed by atoms with van der Waals surface area (Å²) in [6, 6.07) is 20.9. The number of esters is 1. The van der Waals surface area contributed by atoms with E-state index in [1.807, 2.05) is 54.3 Å². The van der Waals surface area contributed by atoms with Gasteiger partial charge in [-0.3, -0.25) is 9.59 Å². The topological polar surface area (TPSA) is 105 Å². The number of hydrogen-bond acceptors (Lipinski definition) is 6. The van der Waals surface area contributed by atoms with Gasteiger partial charge in [0.2, 0.25) is 10.0 Å². The van der Waals surface area contributed by atoms with Crippen LogP contribution in [0.1, 0.15) is 54.2 Å². The summed E-state index contributed by atoms with van der Waals surface area (Å²) in [5.74, 6) is -0.939. The number of hydrogen-bond donors (Lipinski definition) is 2. The van der Waals surface area contributed by atoms with Crippen molar-refractivity contribution in [2.45, 2.75) is 44.6 Å². The van der Waals surface area contributed by atoms with Crippen LogP contribution in [0.3, 0.4) is 0 Å². The molecule has 0 aliphatic carbocycles. The molecule has 0 radical (unpaired) electrons. The van der Waals surface area contributed by atoms with Crippen LogP contribution in [0.5, 0.6) is 0 Å². The summed E-state index contributed by atoms with van der Waals surface area (Å²) < 4.78 is 35.7. The lowest BCUT2D eigenvalue weighted by Crippen LogP contribution is -2.40. The summed E-state index contributed by atoms with van der Waals surface area (Å²) in [7, 11) is -4.03. The number of anilines is 2. The van der Waals surface area contributed by atoms with Gasteiger partial charge in [-0.1, -0.05) is 48.5 Å².